The van der Waals surface area contributed by atoms with Gasteiger partial charge in [0.05, 0.1) is 6.61 Å². The Labute approximate surface area is 132 Å². The van der Waals surface area contributed by atoms with Crippen LogP contribution in [0.3, 0.4) is 0 Å². The lowest BCUT2D eigenvalue weighted by Crippen LogP contribution is -2.33. The molecule has 3 heterocycles. The first-order valence-electron chi connectivity index (χ1n) is 6.06. The average Bonchev–Trinajstić information content (AvgIpc) is 2.89. The number of hydrogen-bond acceptors (Lipinski definition) is 8. The Morgan fingerprint density at radius 3 is 2.52 bits per heavy atom. The van der Waals surface area contributed by atoms with Crippen LogP contribution in [0.15, 0.2) is 4.79 Å². The number of nitrogens with one attached hydrogen (secondary N) is 2. The van der Waals surface area contributed by atoms with E-state index in [1.807, 2.05) is 0 Å². The van der Waals surface area contributed by atoms with Gasteiger partial charge in [0.2, 0.25) is 5.95 Å². The topological polar surface area (TPSA) is 225 Å². The van der Waals surface area contributed by atoms with Crippen LogP contribution in [0.5, 0.6) is 0 Å². The monoisotopic (exact) mass is 351 g/mol. The van der Waals surface area contributed by atoms with Crippen LogP contribution in [-0.4, -0.2) is 70.7 Å². The number of hydrogen-bond donors (Lipinski definition) is 6. The van der Waals surface area contributed by atoms with Crippen molar-refractivity contribution >= 4 is 29.3 Å². The molecule has 1 saturated heterocycles. The maximum atomic E-state index is 11.8. The van der Waals surface area contributed by atoms with Crippen LogP contribution in [0.25, 0.3) is 11.2 Å². The van der Waals surface area contributed by atoms with Crippen molar-refractivity contribution in [2.45, 2.75) is 24.5 Å². The Morgan fingerprint density at radius 2 is 1.96 bits per heavy atom. The molecule has 0 aliphatic carbocycles. The molecule has 3 rings (SSSR count). The molecule has 0 saturated carbocycles. The fourth-order valence-electron chi connectivity index (χ4n) is 2.36. The zero-order valence-electron chi connectivity index (χ0n) is 11.6. The molecule has 1 fully saturated rings. The Morgan fingerprint density at radius 1 is 1.30 bits per heavy atom. The second-order valence-corrected chi connectivity index (χ2v) is 5.07. The molecule has 11 N–H and O–H groups in total. The summed E-state index contributed by atoms with van der Waals surface area (Å²) in [6.45, 7) is -0.472. The van der Waals surface area contributed by atoms with Gasteiger partial charge in [0.1, 0.15) is 18.3 Å². The summed E-state index contributed by atoms with van der Waals surface area (Å²) in [4.78, 5) is 20.7. The molecule has 2 aromatic rings. The Kier molecular flexibility index (Phi) is 5.60. The molecule has 2 aromatic heterocycles. The van der Waals surface area contributed by atoms with Crippen molar-refractivity contribution < 1.29 is 31.0 Å². The van der Waals surface area contributed by atoms with E-state index in [0.717, 1.165) is 0 Å². The van der Waals surface area contributed by atoms with Crippen LogP contribution in [0, 0.1) is 4.77 Å². The lowest BCUT2D eigenvalue weighted by molar-refractivity contribution is -0.0516. The first kappa shape index (κ1) is 19.2. The number of ether oxygens (including phenoxy) is 1. The predicted molar refractivity (Wildman–Crippen MR) is 80.2 cm³/mol. The Bertz CT molecular complexity index is 801. The number of H-pyrrole nitrogens is 2. The van der Waals surface area contributed by atoms with Gasteiger partial charge < -0.3 is 41.7 Å². The molecule has 0 amide bonds. The smallest absolute Gasteiger partial charge is 0.278 e. The van der Waals surface area contributed by atoms with Gasteiger partial charge in [0.15, 0.2) is 22.2 Å². The van der Waals surface area contributed by atoms with Crippen LogP contribution in [-0.2, 0) is 4.74 Å². The van der Waals surface area contributed by atoms with E-state index >= 15 is 0 Å². The highest BCUT2D eigenvalue weighted by atomic mass is 32.1. The molecule has 4 atom stereocenters. The third-order valence-electron chi connectivity index (χ3n) is 3.37. The Hall–Kier alpha value is -1.87. The van der Waals surface area contributed by atoms with Gasteiger partial charge in [0.25, 0.3) is 5.56 Å². The number of aromatic nitrogens is 4. The van der Waals surface area contributed by atoms with E-state index in [2.05, 4.69) is 15.0 Å². The number of nitrogens with two attached hydrogens (primary N) is 1. The molecule has 0 bridgehead atoms. The van der Waals surface area contributed by atoms with E-state index in [1.165, 1.54) is 4.57 Å². The van der Waals surface area contributed by atoms with Gasteiger partial charge in [0, 0.05) is 0 Å². The SMILES string of the molecule is Nc1nc2c([nH]c(=S)n2[C@@H]2O[C@H](CO)[C@@H](O)[C@H]2O)c(=O)[nH]1.O.O. The van der Waals surface area contributed by atoms with Crippen molar-refractivity contribution in [3.05, 3.63) is 15.1 Å². The minimum Gasteiger partial charge on any atom is -0.412 e. The maximum Gasteiger partial charge on any atom is 0.278 e. The van der Waals surface area contributed by atoms with Gasteiger partial charge in [-0.05, 0) is 12.2 Å². The number of aromatic amines is 2. The predicted octanol–water partition coefficient (Wildman–Crippen LogP) is -3.67. The third kappa shape index (κ3) is 2.86. The van der Waals surface area contributed by atoms with Crippen molar-refractivity contribution in [2.75, 3.05) is 12.3 Å². The lowest BCUT2D eigenvalue weighted by Gasteiger charge is -2.16. The molecule has 12 nitrogen and oxygen atoms in total. The van der Waals surface area contributed by atoms with E-state index in [4.69, 9.17) is 27.8 Å². The first-order valence-corrected chi connectivity index (χ1v) is 6.47. The number of imidazole rings is 1. The van der Waals surface area contributed by atoms with Crippen molar-refractivity contribution in [3.63, 3.8) is 0 Å². The summed E-state index contributed by atoms with van der Waals surface area (Å²) in [5, 5.41) is 28.9. The van der Waals surface area contributed by atoms with Crippen LogP contribution in [0.2, 0.25) is 0 Å². The van der Waals surface area contributed by atoms with E-state index in [-0.39, 0.29) is 32.8 Å². The van der Waals surface area contributed by atoms with Gasteiger partial charge in [-0.15, -0.1) is 0 Å². The largest absolute Gasteiger partial charge is 0.412 e. The van der Waals surface area contributed by atoms with E-state index in [1.54, 1.807) is 0 Å². The molecule has 130 valence electrons. The highest BCUT2D eigenvalue weighted by molar-refractivity contribution is 7.71. The molecule has 13 heteroatoms. The van der Waals surface area contributed by atoms with Gasteiger partial charge >= 0.3 is 0 Å². The normalized spacial score (nSPS) is 26.7. The molecule has 1 aliphatic heterocycles. The third-order valence-corrected chi connectivity index (χ3v) is 3.67. The molecular formula is C10H17N5O7S. The molecule has 0 unspecified atom stereocenters. The van der Waals surface area contributed by atoms with Crippen LogP contribution in [0.4, 0.5) is 5.95 Å². The minimum atomic E-state index is -1.34. The van der Waals surface area contributed by atoms with Gasteiger partial charge in [-0.1, -0.05) is 0 Å². The van der Waals surface area contributed by atoms with Gasteiger partial charge in [-0.25, -0.2) is 0 Å². The number of nitrogen functional groups attached to an aromatic ring is 1. The summed E-state index contributed by atoms with van der Waals surface area (Å²) in [7, 11) is 0. The molecular weight excluding hydrogens is 334 g/mol. The minimum absolute atomic E-state index is 0. The van der Waals surface area contributed by atoms with Gasteiger partial charge in [-0.2, -0.15) is 4.98 Å². The van der Waals surface area contributed by atoms with Crippen molar-refractivity contribution in [1.29, 1.82) is 0 Å². The summed E-state index contributed by atoms with van der Waals surface area (Å²) < 4.78 is 6.70. The van der Waals surface area contributed by atoms with Crippen molar-refractivity contribution in [3.8, 4) is 0 Å². The van der Waals surface area contributed by atoms with Gasteiger partial charge in [-0.3, -0.25) is 14.3 Å². The molecule has 23 heavy (non-hydrogen) atoms. The fourth-order valence-corrected chi connectivity index (χ4v) is 2.65. The second kappa shape index (κ2) is 6.71. The van der Waals surface area contributed by atoms with Crippen molar-refractivity contribution in [1.82, 2.24) is 19.5 Å². The zero-order valence-corrected chi connectivity index (χ0v) is 12.4. The summed E-state index contributed by atoms with van der Waals surface area (Å²) in [6.07, 6.45) is -4.68. The van der Waals surface area contributed by atoms with Crippen LogP contribution in [0.1, 0.15) is 6.23 Å². The Balaban J connectivity index is 0.00000132. The number of fused-ring (bicyclic) bond motifs is 1. The second-order valence-electron chi connectivity index (χ2n) is 4.68. The standard InChI is InChI=1S/C10H13N5O5S.2H2O/c11-9-13-6-3(7(19)14-9)12-10(21)15(6)8-5(18)4(17)2(1-16)20-8;;/h2,4-5,8,16-18H,1H2,(H,12,21)(H3,11,13,14,19);2*1H2/t2-,4-,5-,8-;;/m1../s1. The molecule has 0 aromatic carbocycles. The molecule has 0 radical (unpaired) electrons. The number of aliphatic hydroxyl groups is 3. The number of rotatable bonds is 2. The quantitative estimate of drug-likeness (QED) is 0.295. The van der Waals surface area contributed by atoms with E-state index in [9.17, 15) is 15.0 Å². The van der Waals surface area contributed by atoms with Crippen molar-refractivity contribution in [2.24, 2.45) is 0 Å². The summed E-state index contributed by atoms with van der Waals surface area (Å²) in [6, 6.07) is 0. The summed E-state index contributed by atoms with van der Waals surface area (Å²) >= 11 is 5.10. The van der Waals surface area contributed by atoms with E-state index in [0.29, 0.717) is 0 Å². The zero-order chi connectivity index (χ0) is 15.3. The molecule has 0 spiro atoms. The maximum absolute atomic E-state index is 11.8. The van der Waals surface area contributed by atoms with Crippen LogP contribution < -0.4 is 11.3 Å². The highest BCUT2D eigenvalue weighted by Gasteiger charge is 2.44. The number of nitrogens with zero attached hydrogens (tertiary/aromatic N) is 2. The number of aliphatic hydroxyl groups excluding tert-OH is 3. The fraction of sp³-hybridized carbons (Fsp3) is 0.500. The molecule has 1 aliphatic rings. The first-order chi connectivity index (χ1) is 9.93. The number of anilines is 1. The summed E-state index contributed by atoms with van der Waals surface area (Å²) in [5.74, 6) is -0.123. The van der Waals surface area contributed by atoms with E-state index < -0.39 is 36.7 Å². The van der Waals surface area contributed by atoms with Crippen LogP contribution >= 0.6 is 12.2 Å². The summed E-state index contributed by atoms with van der Waals surface area (Å²) in [5.41, 5.74) is 5.15. The highest BCUT2D eigenvalue weighted by Crippen LogP contribution is 2.31. The average molecular weight is 351 g/mol. The lowest BCUT2D eigenvalue weighted by atomic mass is 10.1.